The lowest BCUT2D eigenvalue weighted by molar-refractivity contribution is 0.812. The maximum absolute atomic E-state index is 4.12. The summed E-state index contributed by atoms with van der Waals surface area (Å²) in [5.74, 6) is 3.85. The number of hydrogen-bond acceptors (Lipinski definition) is 6. The maximum atomic E-state index is 4.12. The van der Waals surface area contributed by atoms with Gasteiger partial charge in [-0.25, -0.2) is 0 Å². The van der Waals surface area contributed by atoms with Gasteiger partial charge in [0.05, 0.1) is 0 Å². The smallest absolute Gasteiger partial charge is 0.00449 e. The lowest BCUT2D eigenvalue weighted by atomic mass is 10.3. The highest BCUT2D eigenvalue weighted by molar-refractivity contribution is 7.99. The number of rotatable bonds is 2. The number of thiophene rings is 2. The fourth-order valence-corrected chi connectivity index (χ4v) is 4.04. The molecule has 0 aromatic carbocycles. The van der Waals surface area contributed by atoms with Crippen molar-refractivity contribution >= 4 is 72.3 Å². The molecule has 6 heteroatoms. The van der Waals surface area contributed by atoms with Gasteiger partial charge in [0.1, 0.15) is 0 Å². The van der Waals surface area contributed by atoms with Crippen LogP contribution in [0.3, 0.4) is 0 Å². The standard InChI is InChI=1S/2C6H8S.C4H8S.C4H10S.2C3H8S/c1-5-3-4-6(2)7-5;1-2-6-4-3-5-7-6;1-2-4-5-3-1;1-4(2,3)5;1-3(2)4;1-2-3-4/h3-4H,1-2H3;3-5H,2H2,1H3;1-4H2;5H,1-3H3;3-4H,1-2H3;4H,2-3H2,1H3. The Hall–Kier alpha value is 0.800. The van der Waals surface area contributed by atoms with Gasteiger partial charge in [-0.2, -0.15) is 49.6 Å². The molecule has 0 radical (unpaired) electrons. The van der Waals surface area contributed by atoms with Crippen LogP contribution < -0.4 is 0 Å². The highest BCUT2D eigenvalue weighted by Crippen LogP contribution is 2.14. The number of aryl methyl sites for hydroxylation is 3. The van der Waals surface area contributed by atoms with Crippen LogP contribution in [-0.4, -0.2) is 27.3 Å². The molecule has 1 aliphatic rings. The van der Waals surface area contributed by atoms with Crippen molar-refractivity contribution in [2.75, 3.05) is 17.3 Å². The SMILES string of the molecule is C1CCSC1.CC(C)(C)S.CC(C)S.CCCS.CCc1cccs1.Cc1ccc(C)s1. The summed E-state index contributed by atoms with van der Waals surface area (Å²) in [5.41, 5.74) is 0. The predicted molar refractivity (Wildman–Crippen MR) is 171 cm³/mol. The van der Waals surface area contributed by atoms with Crippen molar-refractivity contribution in [2.24, 2.45) is 0 Å². The summed E-state index contributed by atoms with van der Waals surface area (Å²) >= 11 is 17.7. The molecule has 3 heterocycles. The Morgan fingerprint density at radius 3 is 1.50 bits per heavy atom. The lowest BCUT2D eigenvalue weighted by Crippen LogP contribution is -1.99. The third-order valence-electron chi connectivity index (χ3n) is 2.85. The summed E-state index contributed by atoms with van der Waals surface area (Å²) in [7, 11) is 0. The summed E-state index contributed by atoms with van der Waals surface area (Å²) in [5, 5.41) is 2.64. The Bertz CT molecular complexity index is 529. The molecule has 0 N–H and O–H groups in total. The highest BCUT2D eigenvalue weighted by Gasteiger charge is 1.97. The van der Waals surface area contributed by atoms with E-state index in [0.717, 1.165) is 5.75 Å². The number of hydrogen-bond donors (Lipinski definition) is 3. The molecule has 0 amide bonds. The van der Waals surface area contributed by atoms with Crippen LogP contribution in [0.2, 0.25) is 0 Å². The third-order valence-corrected chi connectivity index (χ3v) is 6.39. The van der Waals surface area contributed by atoms with Crippen molar-refractivity contribution in [2.45, 2.75) is 98.0 Å². The Balaban J connectivity index is -0.000000321. The zero-order valence-corrected chi connectivity index (χ0v) is 27.1. The van der Waals surface area contributed by atoms with Crippen LogP contribution in [0.15, 0.2) is 29.6 Å². The summed E-state index contributed by atoms with van der Waals surface area (Å²) < 4.78 is 0.194. The van der Waals surface area contributed by atoms with Crippen LogP contribution in [0.4, 0.5) is 0 Å². The first-order valence-electron chi connectivity index (χ1n) is 11.5. The average molecular weight is 555 g/mol. The van der Waals surface area contributed by atoms with Gasteiger partial charge >= 0.3 is 0 Å². The molecule has 0 saturated carbocycles. The Morgan fingerprint density at radius 2 is 1.38 bits per heavy atom. The molecular weight excluding hydrogens is 505 g/mol. The molecule has 1 saturated heterocycles. The molecule has 2 aromatic heterocycles. The Labute approximate surface area is 230 Å². The van der Waals surface area contributed by atoms with Crippen LogP contribution in [0, 0.1) is 13.8 Å². The molecule has 32 heavy (non-hydrogen) atoms. The van der Waals surface area contributed by atoms with E-state index in [2.05, 4.69) is 128 Å². The first-order chi connectivity index (χ1) is 14.9. The minimum absolute atomic E-state index is 0.194. The van der Waals surface area contributed by atoms with E-state index < -0.39 is 0 Å². The molecule has 1 aliphatic heterocycles. The van der Waals surface area contributed by atoms with Crippen molar-refractivity contribution in [3.8, 4) is 0 Å². The van der Waals surface area contributed by atoms with Crippen LogP contribution in [0.1, 0.15) is 82.4 Å². The van der Waals surface area contributed by atoms with Crippen molar-refractivity contribution in [3.05, 3.63) is 44.3 Å². The molecule has 2 aromatic rings. The second-order valence-corrected chi connectivity index (χ2v) is 15.0. The minimum Gasteiger partial charge on any atom is -0.179 e. The van der Waals surface area contributed by atoms with Gasteiger partial charge in [-0.05, 0) is 85.6 Å². The van der Waals surface area contributed by atoms with Crippen molar-refractivity contribution in [3.63, 3.8) is 0 Å². The molecule has 3 rings (SSSR count). The first kappa shape index (κ1) is 37.4. The molecular formula is C26H50S6. The first-order valence-corrected chi connectivity index (χ1v) is 16.0. The molecule has 0 atom stereocenters. The molecule has 0 unspecified atom stereocenters. The van der Waals surface area contributed by atoms with Crippen molar-refractivity contribution in [1.29, 1.82) is 0 Å². The summed E-state index contributed by atoms with van der Waals surface area (Å²) in [6.07, 6.45) is 5.29. The van der Waals surface area contributed by atoms with E-state index in [1.54, 1.807) is 0 Å². The van der Waals surface area contributed by atoms with Gasteiger partial charge in [-0.3, -0.25) is 0 Å². The van der Waals surface area contributed by atoms with Gasteiger partial charge in [0, 0.05) is 19.4 Å². The summed E-state index contributed by atoms with van der Waals surface area (Å²) in [6.45, 7) is 18.7. The quantitative estimate of drug-likeness (QED) is 0.310. The van der Waals surface area contributed by atoms with Gasteiger partial charge < -0.3 is 0 Å². The predicted octanol–water partition coefficient (Wildman–Crippen LogP) is 10.6. The van der Waals surface area contributed by atoms with E-state index in [9.17, 15) is 0 Å². The fourth-order valence-electron chi connectivity index (χ4n) is 1.58. The van der Waals surface area contributed by atoms with Crippen LogP contribution in [-0.2, 0) is 6.42 Å². The second-order valence-electron chi connectivity index (χ2n) is 8.40. The lowest BCUT2D eigenvalue weighted by Gasteiger charge is -2.04. The zero-order valence-electron chi connectivity index (χ0n) is 22.0. The van der Waals surface area contributed by atoms with E-state index in [-0.39, 0.29) is 4.75 Å². The van der Waals surface area contributed by atoms with Crippen LogP contribution >= 0.6 is 72.3 Å². The molecule has 0 bridgehead atoms. The number of thiol groups is 3. The summed E-state index contributed by atoms with van der Waals surface area (Å²) in [6, 6.07) is 8.52. The minimum atomic E-state index is 0.194. The zero-order chi connectivity index (χ0) is 25.4. The van der Waals surface area contributed by atoms with E-state index in [4.69, 9.17) is 0 Å². The van der Waals surface area contributed by atoms with Gasteiger partial charge in [-0.1, -0.05) is 54.5 Å². The van der Waals surface area contributed by atoms with Gasteiger partial charge in [-0.15, -0.1) is 22.7 Å². The second kappa shape index (κ2) is 26.4. The van der Waals surface area contributed by atoms with Crippen LogP contribution in [0.25, 0.3) is 0 Å². The molecule has 1 fully saturated rings. The van der Waals surface area contributed by atoms with Crippen molar-refractivity contribution < 1.29 is 0 Å². The fraction of sp³-hybridized carbons (Fsp3) is 0.692. The van der Waals surface area contributed by atoms with E-state index in [1.165, 1.54) is 51.8 Å². The van der Waals surface area contributed by atoms with Gasteiger partial charge in [0.2, 0.25) is 0 Å². The molecule has 0 aliphatic carbocycles. The van der Waals surface area contributed by atoms with E-state index in [1.807, 2.05) is 36.5 Å². The Morgan fingerprint density at radius 1 is 0.969 bits per heavy atom. The molecule has 190 valence electrons. The van der Waals surface area contributed by atoms with Gasteiger partial charge in [0.15, 0.2) is 0 Å². The summed E-state index contributed by atoms with van der Waals surface area (Å²) in [4.78, 5) is 4.27. The van der Waals surface area contributed by atoms with E-state index >= 15 is 0 Å². The van der Waals surface area contributed by atoms with Crippen LogP contribution in [0.5, 0.6) is 0 Å². The Kier molecular flexibility index (Phi) is 30.8. The van der Waals surface area contributed by atoms with E-state index in [0.29, 0.717) is 5.25 Å². The topological polar surface area (TPSA) is 0 Å². The molecule has 0 spiro atoms. The molecule has 0 nitrogen and oxygen atoms in total. The average Bonchev–Trinajstić information content (AvgIpc) is 3.45. The van der Waals surface area contributed by atoms with Gasteiger partial charge in [0.25, 0.3) is 0 Å². The monoisotopic (exact) mass is 554 g/mol. The maximum Gasteiger partial charge on any atom is 0.00449 e. The normalized spacial score (nSPS) is 11.8. The third kappa shape index (κ3) is 44.5. The number of thioether (sulfide) groups is 1. The largest absolute Gasteiger partial charge is 0.179 e. The highest BCUT2D eigenvalue weighted by atomic mass is 32.2. The van der Waals surface area contributed by atoms with Crippen molar-refractivity contribution in [1.82, 2.24) is 0 Å².